The van der Waals surface area contributed by atoms with Crippen molar-refractivity contribution >= 4 is 5.57 Å². The molecule has 1 heteroatoms. The van der Waals surface area contributed by atoms with Crippen LogP contribution in [0.25, 0.3) is 5.57 Å². The van der Waals surface area contributed by atoms with Crippen LogP contribution in [0.2, 0.25) is 0 Å². The Morgan fingerprint density at radius 3 is 2.52 bits per heavy atom. The van der Waals surface area contributed by atoms with Crippen molar-refractivity contribution in [2.45, 2.75) is 64.9 Å². The highest BCUT2D eigenvalue weighted by molar-refractivity contribution is 5.82. The van der Waals surface area contributed by atoms with Gasteiger partial charge in [0.1, 0.15) is 5.60 Å². The number of aliphatic hydroxyl groups is 1. The molecule has 0 spiro atoms. The van der Waals surface area contributed by atoms with E-state index in [1.54, 1.807) is 0 Å². The fourth-order valence-electron chi connectivity index (χ4n) is 2.96. The van der Waals surface area contributed by atoms with E-state index in [4.69, 9.17) is 0 Å². The molecule has 0 fully saturated rings. The summed E-state index contributed by atoms with van der Waals surface area (Å²) in [6, 6.07) is 8.20. The van der Waals surface area contributed by atoms with Crippen molar-refractivity contribution in [1.82, 2.24) is 0 Å². The Labute approximate surface area is 129 Å². The van der Waals surface area contributed by atoms with Crippen LogP contribution in [0.1, 0.15) is 70.4 Å². The molecule has 0 saturated heterocycles. The normalized spacial score (nSPS) is 20.2. The van der Waals surface area contributed by atoms with E-state index < -0.39 is 5.60 Å². The SMILES string of the molecule is CCCCC#CC1=C(CCCC)c2ccccc2C1(C)O. The Bertz CT molecular complexity index is 581. The van der Waals surface area contributed by atoms with Crippen molar-refractivity contribution in [3.8, 4) is 11.8 Å². The third-order valence-electron chi connectivity index (χ3n) is 4.21. The van der Waals surface area contributed by atoms with Crippen LogP contribution in [-0.2, 0) is 5.60 Å². The Balaban J connectivity index is 2.41. The molecule has 1 aromatic rings. The average Bonchev–Trinajstić information content (AvgIpc) is 2.70. The lowest BCUT2D eigenvalue weighted by atomic mass is 9.92. The first-order valence-electron chi connectivity index (χ1n) is 8.17. The standard InChI is InChI=1S/C20H26O/c1-4-6-8-9-14-18-16(12-7-5-2)17-13-10-11-15-19(17)20(18,3)21/h10-11,13,15,21H,4-8,12H2,1-3H3. The lowest BCUT2D eigenvalue weighted by Crippen LogP contribution is -2.20. The maximum atomic E-state index is 11.0. The Kier molecular flexibility index (Phi) is 5.26. The van der Waals surface area contributed by atoms with Crippen LogP contribution in [0.4, 0.5) is 0 Å². The number of benzene rings is 1. The van der Waals surface area contributed by atoms with Crippen LogP contribution in [0.5, 0.6) is 0 Å². The molecule has 1 N–H and O–H groups in total. The van der Waals surface area contributed by atoms with Crippen molar-refractivity contribution in [3.63, 3.8) is 0 Å². The Morgan fingerprint density at radius 2 is 1.81 bits per heavy atom. The van der Waals surface area contributed by atoms with E-state index in [0.717, 1.165) is 49.7 Å². The number of rotatable bonds is 5. The van der Waals surface area contributed by atoms with E-state index in [2.05, 4.69) is 31.8 Å². The molecule has 21 heavy (non-hydrogen) atoms. The summed E-state index contributed by atoms with van der Waals surface area (Å²) >= 11 is 0. The summed E-state index contributed by atoms with van der Waals surface area (Å²) in [7, 11) is 0. The third kappa shape index (κ3) is 3.22. The predicted molar refractivity (Wildman–Crippen MR) is 89.8 cm³/mol. The fraction of sp³-hybridized carbons (Fsp3) is 0.500. The summed E-state index contributed by atoms with van der Waals surface area (Å²) in [5.74, 6) is 6.55. The van der Waals surface area contributed by atoms with Crippen molar-refractivity contribution < 1.29 is 5.11 Å². The van der Waals surface area contributed by atoms with Crippen molar-refractivity contribution in [2.24, 2.45) is 0 Å². The first-order chi connectivity index (χ1) is 10.1. The topological polar surface area (TPSA) is 20.2 Å². The molecule has 1 aliphatic rings. The molecule has 1 unspecified atom stereocenters. The molecule has 0 heterocycles. The first-order valence-corrected chi connectivity index (χ1v) is 8.17. The van der Waals surface area contributed by atoms with Gasteiger partial charge in [-0.3, -0.25) is 0 Å². The molecule has 0 bridgehead atoms. The van der Waals surface area contributed by atoms with Gasteiger partial charge in [-0.1, -0.05) is 62.8 Å². The van der Waals surface area contributed by atoms with Crippen LogP contribution in [0, 0.1) is 11.8 Å². The minimum atomic E-state index is -0.932. The predicted octanol–water partition coefficient (Wildman–Crippen LogP) is 5.05. The summed E-state index contributed by atoms with van der Waals surface area (Å²) in [5.41, 5.74) is 3.44. The van der Waals surface area contributed by atoms with Gasteiger partial charge < -0.3 is 5.11 Å². The summed E-state index contributed by atoms with van der Waals surface area (Å²) in [6.07, 6.45) is 6.49. The molecule has 1 atom stereocenters. The van der Waals surface area contributed by atoms with Crippen LogP contribution in [0.3, 0.4) is 0 Å². The summed E-state index contributed by atoms with van der Waals surface area (Å²) in [6.45, 7) is 6.26. The maximum absolute atomic E-state index is 11.0. The molecule has 1 nitrogen and oxygen atoms in total. The average molecular weight is 282 g/mol. The van der Waals surface area contributed by atoms with Crippen LogP contribution < -0.4 is 0 Å². The molecule has 2 rings (SSSR count). The molecule has 0 aromatic heterocycles. The van der Waals surface area contributed by atoms with Gasteiger partial charge in [-0.05, 0) is 42.9 Å². The molecule has 1 aliphatic carbocycles. The van der Waals surface area contributed by atoms with Gasteiger partial charge in [0, 0.05) is 12.0 Å². The second-order valence-electron chi connectivity index (χ2n) is 5.98. The highest BCUT2D eigenvalue weighted by Crippen LogP contribution is 2.46. The monoisotopic (exact) mass is 282 g/mol. The van der Waals surface area contributed by atoms with Crippen LogP contribution >= 0.6 is 0 Å². The van der Waals surface area contributed by atoms with E-state index in [1.165, 1.54) is 11.1 Å². The number of hydrogen-bond donors (Lipinski definition) is 1. The van der Waals surface area contributed by atoms with Gasteiger partial charge >= 0.3 is 0 Å². The van der Waals surface area contributed by atoms with Gasteiger partial charge in [0.25, 0.3) is 0 Å². The molecule has 0 radical (unpaired) electrons. The van der Waals surface area contributed by atoms with Crippen molar-refractivity contribution in [1.29, 1.82) is 0 Å². The number of allylic oxidation sites excluding steroid dienone is 1. The highest BCUT2D eigenvalue weighted by atomic mass is 16.3. The zero-order chi connectivity index (χ0) is 15.3. The second kappa shape index (κ2) is 6.96. The largest absolute Gasteiger partial charge is 0.380 e. The van der Waals surface area contributed by atoms with Gasteiger partial charge in [-0.2, -0.15) is 0 Å². The molecule has 0 aliphatic heterocycles. The van der Waals surface area contributed by atoms with Crippen LogP contribution in [-0.4, -0.2) is 5.11 Å². The first kappa shape index (κ1) is 15.9. The Morgan fingerprint density at radius 1 is 1.10 bits per heavy atom. The van der Waals surface area contributed by atoms with E-state index >= 15 is 0 Å². The zero-order valence-corrected chi connectivity index (χ0v) is 13.5. The number of fused-ring (bicyclic) bond motifs is 1. The highest BCUT2D eigenvalue weighted by Gasteiger charge is 2.38. The minimum absolute atomic E-state index is 0.910. The number of hydrogen-bond acceptors (Lipinski definition) is 1. The molecule has 112 valence electrons. The van der Waals surface area contributed by atoms with E-state index in [0.29, 0.717) is 0 Å². The minimum Gasteiger partial charge on any atom is -0.380 e. The van der Waals surface area contributed by atoms with Gasteiger partial charge in [0.15, 0.2) is 0 Å². The third-order valence-corrected chi connectivity index (χ3v) is 4.21. The van der Waals surface area contributed by atoms with Gasteiger partial charge in [-0.15, -0.1) is 0 Å². The lowest BCUT2D eigenvalue weighted by molar-refractivity contribution is 0.106. The van der Waals surface area contributed by atoms with E-state index in [1.807, 2.05) is 25.1 Å². The quantitative estimate of drug-likeness (QED) is 0.592. The van der Waals surface area contributed by atoms with Crippen LogP contribution in [0.15, 0.2) is 29.8 Å². The second-order valence-corrected chi connectivity index (χ2v) is 5.98. The Hall–Kier alpha value is -1.52. The molecule has 1 aromatic carbocycles. The van der Waals surface area contributed by atoms with Gasteiger partial charge in [-0.25, -0.2) is 0 Å². The maximum Gasteiger partial charge on any atom is 0.120 e. The smallest absolute Gasteiger partial charge is 0.120 e. The molecule has 0 saturated carbocycles. The molecular weight excluding hydrogens is 256 g/mol. The summed E-state index contributed by atoms with van der Waals surface area (Å²) in [5, 5.41) is 11.0. The fourth-order valence-corrected chi connectivity index (χ4v) is 2.96. The summed E-state index contributed by atoms with van der Waals surface area (Å²) in [4.78, 5) is 0. The van der Waals surface area contributed by atoms with E-state index in [-0.39, 0.29) is 0 Å². The zero-order valence-electron chi connectivity index (χ0n) is 13.5. The van der Waals surface area contributed by atoms with E-state index in [9.17, 15) is 5.11 Å². The lowest BCUT2D eigenvalue weighted by Gasteiger charge is -2.19. The molecular formula is C20H26O. The summed E-state index contributed by atoms with van der Waals surface area (Å²) < 4.78 is 0. The molecule has 0 amide bonds. The number of unbranched alkanes of at least 4 members (excludes halogenated alkanes) is 3. The van der Waals surface area contributed by atoms with Crippen molar-refractivity contribution in [2.75, 3.05) is 0 Å². The van der Waals surface area contributed by atoms with Gasteiger partial charge in [0.05, 0.1) is 0 Å². The van der Waals surface area contributed by atoms with Gasteiger partial charge in [0.2, 0.25) is 0 Å². The van der Waals surface area contributed by atoms with Crippen molar-refractivity contribution in [3.05, 3.63) is 41.0 Å².